The second kappa shape index (κ2) is 5.15. The Labute approximate surface area is 97.1 Å². The van der Waals surface area contributed by atoms with E-state index in [2.05, 4.69) is 0 Å². The predicted molar refractivity (Wildman–Crippen MR) is 61.9 cm³/mol. The van der Waals surface area contributed by atoms with Crippen LogP contribution in [-0.4, -0.2) is 42.6 Å². The van der Waals surface area contributed by atoms with Gasteiger partial charge in [-0.2, -0.15) is 0 Å². The Balaban J connectivity index is 1.99. The van der Waals surface area contributed by atoms with Gasteiger partial charge in [-0.1, -0.05) is 12.8 Å². The zero-order valence-corrected chi connectivity index (χ0v) is 10.0. The molecule has 0 aromatic carbocycles. The summed E-state index contributed by atoms with van der Waals surface area (Å²) in [7, 11) is 0. The van der Waals surface area contributed by atoms with Crippen molar-refractivity contribution in [3.8, 4) is 0 Å². The molecule has 1 heterocycles. The number of hydrogen-bond acceptors (Lipinski definition) is 3. The molecule has 3 atom stereocenters. The van der Waals surface area contributed by atoms with Crippen molar-refractivity contribution in [1.29, 1.82) is 0 Å². The Morgan fingerprint density at radius 1 is 1.38 bits per heavy atom. The minimum atomic E-state index is 0.0503. The van der Waals surface area contributed by atoms with E-state index < -0.39 is 0 Å². The summed E-state index contributed by atoms with van der Waals surface area (Å²) in [6, 6.07) is 0.270. The molecule has 1 aliphatic heterocycles. The maximum absolute atomic E-state index is 12.4. The third-order valence-corrected chi connectivity index (χ3v) is 3.79. The van der Waals surface area contributed by atoms with Crippen LogP contribution >= 0.6 is 0 Å². The molecule has 4 heteroatoms. The van der Waals surface area contributed by atoms with Crippen molar-refractivity contribution >= 4 is 5.91 Å². The summed E-state index contributed by atoms with van der Waals surface area (Å²) in [5.41, 5.74) is 6.05. The van der Waals surface area contributed by atoms with Gasteiger partial charge in [0.1, 0.15) is 0 Å². The highest BCUT2D eigenvalue weighted by atomic mass is 16.5. The molecule has 1 amide bonds. The number of nitrogens with two attached hydrogens (primary N) is 1. The number of carbonyl (C=O) groups excluding carboxylic acids is 1. The fourth-order valence-corrected chi connectivity index (χ4v) is 2.73. The zero-order valence-electron chi connectivity index (χ0n) is 10.0. The molecule has 2 rings (SSSR count). The van der Waals surface area contributed by atoms with Crippen LogP contribution < -0.4 is 5.73 Å². The molecule has 1 saturated heterocycles. The topological polar surface area (TPSA) is 55.6 Å². The second-order valence-corrected chi connectivity index (χ2v) is 5.01. The van der Waals surface area contributed by atoms with Crippen LogP contribution in [-0.2, 0) is 9.53 Å². The molecule has 1 aliphatic carbocycles. The maximum atomic E-state index is 12.4. The molecule has 0 aromatic heterocycles. The van der Waals surface area contributed by atoms with Crippen molar-refractivity contribution < 1.29 is 9.53 Å². The van der Waals surface area contributed by atoms with Crippen molar-refractivity contribution in [3.63, 3.8) is 0 Å². The molecule has 16 heavy (non-hydrogen) atoms. The summed E-state index contributed by atoms with van der Waals surface area (Å²) in [5.74, 6) is 0.303. The van der Waals surface area contributed by atoms with Crippen LogP contribution in [0.2, 0.25) is 0 Å². The molecule has 0 aromatic rings. The normalized spacial score (nSPS) is 36.1. The van der Waals surface area contributed by atoms with Crippen molar-refractivity contribution in [2.45, 2.75) is 44.7 Å². The quantitative estimate of drug-likeness (QED) is 0.718. The Kier molecular flexibility index (Phi) is 3.82. The number of ether oxygens (including phenoxy) is 1. The van der Waals surface area contributed by atoms with E-state index in [0.29, 0.717) is 13.2 Å². The van der Waals surface area contributed by atoms with Gasteiger partial charge in [0.2, 0.25) is 5.91 Å². The van der Waals surface area contributed by atoms with E-state index in [1.165, 1.54) is 6.42 Å². The van der Waals surface area contributed by atoms with E-state index in [1.54, 1.807) is 0 Å². The number of rotatable bonds is 1. The van der Waals surface area contributed by atoms with Gasteiger partial charge in [0.15, 0.2) is 0 Å². The minimum absolute atomic E-state index is 0.0503. The van der Waals surface area contributed by atoms with Gasteiger partial charge in [-0.15, -0.1) is 0 Å². The summed E-state index contributed by atoms with van der Waals surface area (Å²) < 4.78 is 5.35. The smallest absolute Gasteiger partial charge is 0.227 e. The number of morpholine rings is 1. The molecule has 2 fully saturated rings. The summed E-state index contributed by atoms with van der Waals surface area (Å²) in [5, 5.41) is 0. The van der Waals surface area contributed by atoms with Gasteiger partial charge in [0, 0.05) is 12.6 Å². The lowest BCUT2D eigenvalue weighted by atomic mass is 9.84. The molecule has 2 aliphatic rings. The van der Waals surface area contributed by atoms with Crippen LogP contribution in [0, 0.1) is 5.92 Å². The van der Waals surface area contributed by atoms with Crippen molar-refractivity contribution in [2.75, 3.05) is 19.8 Å². The Hall–Kier alpha value is -0.610. The first-order chi connectivity index (χ1) is 7.70. The van der Waals surface area contributed by atoms with Crippen LogP contribution in [0.4, 0.5) is 0 Å². The van der Waals surface area contributed by atoms with E-state index in [0.717, 1.165) is 25.8 Å². The van der Waals surface area contributed by atoms with Crippen molar-refractivity contribution in [2.24, 2.45) is 11.7 Å². The highest BCUT2D eigenvalue weighted by Crippen LogP contribution is 2.26. The van der Waals surface area contributed by atoms with Crippen LogP contribution in [0.5, 0.6) is 0 Å². The highest BCUT2D eigenvalue weighted by Gasteiger charge is 2.34. The lowest BCUT2D eigenvalue weighted by Crippen LogP contribution is -2.53. The summed E-state index contributed by atoms with van der Waals surface area (Å²) in [4.78, 5) is 14.3. The van der Waals surface area contributed by atoms with Crippen LogP contribution in [0.3, 0.4) is 0 Å². The SMILES string of the molecule is C[C@@H]1COCCN1C(=O)C1CCCCC1N. The Bertz CT molecular complexity index is 233. The lowest BCUT2D eigenvalue weighted by Gasteiger charge is -2.38. The average Bonchev–Trinajstić information content (AvgIpc) is 2.29. The summed E-state index contributed by atoms with van der Waals surface area (Å²) >= 11 is 0. The maximum Gasteiger partial charge on any atom is 0.227 e. The van der Waals surface area contributed by atoms with E-state index in [4.69, 9.17) is 10.5 Å². The third-order valence-electron chi connectivity index (χ3n) is 3.79. The number of amides is 1. The first kappa shape index (κ1) is 11.9. The van der Waals surface area contributed by atoms with Gasteiger partial charge in [-0.05, 0) is 19.8 Å². The molecule has 4 nitrogen and oxygen atoms in total. The molecular formula is C12H22N2O2. The Morgan fingerprint density at radius 3 is 2.81 bits per heavy atom. The molecule has 2 N–H and O–H groups in total. The van der Waals surface area contributed by atoms with Crippen molar-refractivity contribution in [1.82, 2.24) is 4.90 Å². The molecule has 2 unspecified atom stereocenters. The van der Waals surface area contributed by atoms with Gasteiger partial charge in [0.05, 0.1) is 25.2 Å². The largest absolute Gasteiger partial charge is 0.377 e. The Morgan fingerprint density at radius 2 is 2.12 bits per heavy atom. The molecule has 0 bridgehead atoms. The molecular weight excluding hydrogens is 204 g/mol. The molecule has 92 valence electrons. The van der Waals surface area contributed by atoms with Crippen LogP contribution in [0.25, 0.3) is 0 Å². The average molecular weight is 226 g/mol. The first-order valence-electron chi connectivity index (χ1n) is 6.34. The van der Waals surface area contributed by atoms with Gasteiger partial charge in [-0.25, -0.2) is 0 Å². The van der Waals surface area contributed by atoms with E-state index in [-0.39, 0.29) is 23.9 Å². The molecule has 1 saturated carbocycles. The minimum Gasteiger partial charge on any atom is -0.377 e. The van der Waals surface area contributed by atoms with Gasteiger partial charge in [-0.3, -0.25) is 4.79 Å². The summed E-state index contributed by atoms with van der Waals surface area (Å²) in [6.07, 6.45) is 4.27. The van der Waals surface area contributed by atoms with E-state index in [1.807, 2.05) is 11.8 Å². The summed E-state index contributed by atoms with van der Waals surface area (Å²) in [6.45, 7) is 4.10. The van der Waals surface area contributed by atoms with Crippen LogP contribution in [0.15, 0.2) is 0 Å². The number of hydrogen-bond donors (Lipinski definition) is 1. The number of carbonyl (C=O) groups is 1. The molecule has 0 radical (unpaired) electrons. The second-order valence-electron chi connectivity index (χ2n) is 5.01. The first-order valence-corrected chi connectivity index (χ1v) is 6.34. The van der Waals surface area contributed by atoms with Crippen molar-refractivity contribution in [3.05, 3.63) is 0 Å². The standard InChI is InChI=1S/C12H22N2O2/c1-9-8-16-7-6-14(9)12(15)10-4-2-3-5-11(10)13/h9-11H,2-8,13H2,1H3/t9-,10?,11?/m1/s1. The monoisotopic (exact) mass is 226 g/mol. The zero-order chi connectivity index (χ0) is 11.5. The van der Waals surface area contributed by atoms with Gasteiger partial charge < -0.3 is 15.4 Å². The molecule has 0 spiro atoms. The van der Waals surface area contributed by atoms with E-state index in [9.17, 15) is 4.79 Å². The van der Waals surface area contributed by atoms with E-state index >= 15 is 0 Å². The fourth-order valence-electron chi connectivity index (χ4n) is 2.73. The van der Waals surface area contributed by atoms with Crippen LogP contribution in [0.1, 0.15) is 32.6 Å². The lowest BCUT2D eigenvalue weighted by molar-refractivity contribution is -0.145. The van der Waals surface area contributed by atoms with Gasteiger partial charge >= 0.3 is 0 Å². The fraction of sp³-hybridized carbons (Fsp3) is 0.917. The van der Waals surface area contributed by atoms with Gasteiger partial charge in [0.25, 0.3) is 0 Å². The predicted octanol–water partition coefficient (Wildman–Crippen LogP) is 0.751. The number of nitrogens with zero attached hydrogens (tertiary/aromatic N) is 1. The highest BCUT2D eigenvalue weighted by molar-refractivity contribution is 5.80. The third kappa shape index (κ3) is 2.38.